The molecule has 0 unspecified atom stereocenters. The predicted molar refractivity (Wildman–Crippen MR) is 126 cm³/mol. The molecule has 0 radical (unpaired) electrons. The van der Waals surface area contributed by atoms with Crippen molar-refractivity contribution in [3.63, 3.8) is 0 Å². The number of anilines is 2. The third-order valence-corrected chi connectivity index (χ3v) is 6.47. The van der Waals surface area contributed by atoms with E-state index in [-0.39, 0.29) is 11.9 Å². The Labute approximate surface area is 190 Å². The molecule has 5 rings (SSSR count). The van der Waals surface area contributed by atoms with Gasteiger partial charge in [0.15, 0.2) is 5.13 Å². The Morgan fingerprint density at radius 1 is 1.22 bits per heavy atom. The summed E-state index contributed by atoms with van der Waals surface area (Å²) in [6.07, 6.45) is 9.46. The number of nitrogens with zero attached hydrogens (tertiary/aromatic N) is 5. The Morgan fingerprint density at radius 3 is 2.91 bits per heavy atom. The first-order chi connectivity index (χ1) is 15.7. The lowest BCUT2D eigenvalue weighted by Crippen LogP contribution is -2.23. The zero-order chi connectivity index (χ0) is 21.9. The molecule has 1 fully saturated rings. The molecule has 1 aliphatic rings. The topological polar surface area (TPSA) is 75.9 Å². The van der Waals surface area contributed by atoms with Gasteiger partial charge in [0.25, 0.3) is 5.91 Å². The third-order valence-electron chi connectivity index (χ3n) is 5.69. The highest BCUT2D eigenvalue weighted by atomic mass is 32.1. The van der Waals surface area contributed by atoms with Gasteiger partial charge in [-0.05, 0) is 61.2 Å². The second kappa shape index (κ2) is 8.92. The van der Waals surface area contributed by atoms with Gasteiger partial charge in [0.1, 0.15) is 11.5 Å². The number of carbonyl (C=O) groups is 1. The number of rotatable bonds is 6. The van der Waals surface area contributed by atoms with Crippen LogP contribution in [0.25, 0.3) is 0 Å². The zero-order valence-electron chi connectivity index (χ0n) is 17.8. The summed E-state index contributed by atoms with van der Waals surface area (Å²) in [5, 5.41) is 5.64. The van der Waals surface area contributed by atoms with Gasteiger partial charge in [-0.1, -0.05) is 6.07 Å². The first-order valence-electron chi connectivity index (χ1n) is 10.7. The predicted octanol–water partition coefficient (Wildman–Crippen LogP) is 4.69. The van der Waals surface area contributed by atoms with Gasteiger partial charge in [-0.3, -0.25) is 15.1 Å². The minimum Gasteiger partial charge on any atom is -0.348 e. The summed E-state index contributed by atoms with van der Waals surface area (Å²) in [6.45, 7) is 3.62. The maximum atomic E-state index is 12.9. The van der Waals surface area contributed by atoms with Gasteiger partial charge in [-0.25, -0.2) is 9.97 Å². The average Bonchev–Trinajstić information content (AvgIpc) is 3.55. The Kier molecular flexibility index (Phi) is 5.68. The van der Waals surface area contributed by atoms with Gasteiger partial charge in [0.2, 0.25) is 0 Å². The molecule has 1 amide bonds. The molecular formula is C24H24N6OS. The van der Waals surface area contributed by atoms with Gasteiger partial charge < -0.3 is 9.47 Å². The summed E-state index contributed by atoms with van der Waals surface area (Å²) in [6, 6.07) is 11.9. The number of aromatic nitrogens is 4. The third kappa shape index (κ3) is 4.27. The molecule has 0 spiro atoms. The monoisotopic (exact) mass is 444 g/mol. The van der Waals surface area contributed by atoms with E-state index in [2.05, 4.69) is 32.3 Å². The summed E-state index contributed by atoms with van der Waals surface area (Å²) in [4.78, 5) is 28.6. The minimum atomic E-state index is -0.159. The molecule has 4 aromatic heterocycles. The van der Waals surface area contributed by atoms with Crippen LogP contribution in [0.15, 0.2) is 66.6 Å². The molecule has 1 atom stereocenters. The van der Waals surface area contributed by atoms with Gasteiger partial charge in [-0.15, -0.1) is 11.3 Å². The smallest absolute Gasteiger partial charge is 0.274 e. The lowest BCUT2D eigenvalue weighted by atomic mass is 10.1. The Morgan fingerprint density at radius 2 is 2.09 bits per heavy atom. The van der Waals surface area contributed by atoms with E-state index >= 15 is 0 Å². The summed E-state index contributed by atoms with van der Waals surface area (Å²) in [5.41, 5.74) is 3.83. The van der Waals surface area contributed by atoms with Crippen molar-refractivity contribution in [1.29, 1.82) is 0 Å². The molecule has 1 aliphatic heterocycles. The van der Waals surface area contributed by atoms with Crippen LogP contribution in [0.3, 0.4) is 0 Å². The molecule has 4 aromatic rings. The Bertz CT molecular complexity index is 1200. The highest BCUT2D eigenvalue weighted by Crippen LogP contribution is 2.36. The number of hydrogen-bond donors (Lipinski definition) is 1. The first kappa shape index (κ1) is 20.4. The number of hydrogen-bond acceptors (Lipinski definition) is 6. The molecule has 7 nitrogen and oxygen atoms in total. The minimum absolute atomic E-state index is 0.159. The van der Waals surface area contributed by atoms with Crippen molar-refractivity contribution < 1.29 is 4.79 Å². The molecule has 0 aliphatic carbocycles. The number of nitrogens with one attached hydrogen (secondary N) is 1. The maximum absolute atomic E-state index is 12.9. The summed E-state index contributed by atoms with van der Waals surface area (Å²) in [7, 11) is 0. The van der Waals surface area contributed by atoms with E-state index < -0.39 is 0 Å². The zero-order valence-corrected chi connectivity index (χ0v) is 18.6. The van der Waals surface area contributed by atoms with Crippen molar-refractivity contribution in [2.75, 3.05) is 16.8 Å². The lowest BCUT2D eigenvalue weighted by Gasteiger charge is -2.24. The van der Waals surface area contributed by atoms with Crippen LogP contribution in [0.4, 0.5) is 10.9 Å². The van der Waals surface area contributed by atoms with E-state index in [1.54, 1.807) is 12.4 Å². The standard InChI is InChI=1S/C24H24N6OS/c1-17-6-7-22(26-14-17)30-13-3-4-20(30)19-16-32-24(27-19)28-23(31)21-5-2-12-29(21)15-18-8-10-25-11-9-18/h2,5-12,14,16,20H,3-4,13,15H2,1H3,(H,27,28,31)/t20-/m1/s1. The number of amides is 1. The largest absolute Gasteiger partial charge is 0.348 e. The number of pyridine rings is 2. The van der Waals surface area contributed by atoms with Crippen LogP contribution in [0, 0.1) is 6.92 Å². The van der Waals surface area contributed by atoms with Gasteiger partial charge in [0.05, 0.1) is 11.7 Å². The van der Waals surface area contributed by atoms with Crippen molar-refractivity contribution in [1.82, 2.24) is 19.5 Å². The van der Waals surface area contributed by atoms with Crippen LogP contribution in [0.5, 0.6) is 0 Å². The Balaban J connectivity index is 1.29. The number of aryl methyl sites for hydroxylation is 1. The summed E-state index contributed by atoms with van der Waals surface area (Å²) >= 11 is 1.46. The lowest BCUT2D eigenvalue weighted by molar-refractivity contribution is 0.101. The molecule has 1 N–H and O–H groups in total. The van der Waals surface area contributed by atoms with Crippen LogP contribution in [0.1, 0.15) is 46.2 Å². The van der Waals surface area contributed by atoms with Crippen molar-refractivity contribution >= 4 is 28.2 Å². The molecule has 0 saturated carbocycles. The summed E-state index contributed by atoms with van der Waals surface area (Å²) in [5.74, 6) is 0.819. The number of thiazole rings is 1. The SMILES string of the molecule is Cc1ccc(N2CCC[C@@H]2c2csc(NC(=O)c3cccn3Cc3ccncc3)n2)nc1. The highest BCUT2D eigenvalue weighted by molar-refractivity contribution is 7.14. The van der Waals surface area contributed by atoms with Crippen LogP contribution in [-0.2, 0) is 6.54 Å². The van der Waals surface area contributed by atoms with E-state index in [1.165, 1.54) is 11.3 Å². The van der Waals surface area contributed by atoms with Crippen molar-refractivity contribution in [3.05, 3.63) is 89.1 Å². The second-order valence-corrected chi connectivity index (χ2v) is 8.81. The van der Waals surface area contributed by atoms with Crippen LogP contribution >= 0.6 is 11.3 Å². The van der Waals surface area contributed by atoms with E-state index in [9.17, 15) is 4.79 Å². The van der Waals surface area contributed by atoms with Crippen molar-refractivity contribution in [3.8, 4) is 0 Å². The van der Waals surface area contributed by atoms with Crippen LogP contribution in [-0.4, -0.2) is 32.0 Å². The molecule has 1 saturated heterocycles. The van der Waals surface area contributed by atoms with E-state index in [1.807, 2.05) is 53.5 Å². The van der Waals surface area contributed by atoms with E-state index in [4.69, 9.17) is 4.98 Å². The van der Waals surface area contributed by atoms with E-state index in [0.717, 1.165) is 42.0 Å². The van der Waals surface area contributed by atoms with Gasteiger partial charge in [0, 0.05) is 43.3 Å². The molecule has 8 heteroatoms. The van der Waals surface area contributed by atoms with Crippen LogP contribution < -0.4 is 10.2 Å². The fourth-order valence-electron chi connectivity index (χ4n) is 4.08. The van der Waals surface area contributed by atoms with Crippen molar-refractivity contribution in [2.24, 2.45) is 0 Å². The normalized spacial score (nSPS) is 15.8. The molecule has 0 aromatic carbocycles. The highest BCUT2D eigenvalue weighted by Gasteiger charge is 2.29. The van der Waals surface area contributed by atoms with Crippen molar-refractivity contribution in [2.45, 2.75) is 32.4 Å². The fourth-order valence-corrected chi connectivity index (χ4v) is 4.83. The molecule has 32 heavy (non-hydrogen) atoms. The van der Waals surface area contributed by atoms with E-state index in [0.29, 0.717) is 17.4 Å². The van der Waals surface area contributed by atoms with Crippen LogP contribution in [0.2, 0.25) is 0 Å². The van der Waals surface area contributed by atoms with Gasteiger partial charge >= 0.3 is 0 Å². The average molecular weight is 445 g/mol. The fraction of sp³-hybridized carbons (Fsp3) is 0.250. The molecule has 5 heterocycles. The quantitative estimate of drug-likeness (QED) is 0.467. The second-order valence-electron chi connectivity index (χ2n) is 7.95. The molecular weight excluding hydrogens is 420 g/mol. The maximum Gasteiger partial charge on any atom is 0.274 e. The molecule has 0 bridgehead atoms. The first-order valence-corrected chi connectivity index (χ1v) is 11.6. The van der Waals surface area contributed by atoms with Gasteiger partial charge in [-0.2, -0.15) is 0 Å². The molecule has 162 valence electrons. The Hall–Kier alpha value is -3.52. The number of carbonyl (C=O) groups excluding carboxylic acids is 1. The summed E-state index contributed by atoms with van der Waals surface area (Å²) < 4.78 is 1.93.